The van der Waals surface area contributed by atoms with Gasteiger partial charge < -0.3 is 0 Å². The van der Waals surface area contributed by atoms with E-state index in [0.717, 1.165) is 0 Å². The van der Waals surface area contributed by atoms with Crippen LogP contribution in [0.5, 0.6) is 0 Å². The molecule has 1 aromatic heterocycles. The first-order valence-corrected chi connectivity index (χ1v) is 3.90. The van der Waals surface area contributed by atoms with Crippen LogP contribution in [0.3, 0.4) is 0 Å². The Morgan fingerprint density at radius 3 is 2.43 bits per heavy atom. The second kappa shape index (κ2) is 2.13. The average molecular weight is 224 g/mol. The minimum absolute atomic E-state index is 1.37. The van der Waals surface area contributed by atoms with Crippen LogP contribution in [-0.2, 0) is 0 Å². The highest BCUT2D eigenvalue weighted by atomic mass is 127. The number of hydrogen-bond acceptors (Lipinski definition) is 1. The summed E-state index contributed by atoms with van der Waals surface area (Å²) in [6, 6.07) is 4.26. The summed E-state index contributed by atoms with van der Waals surface area (Å²) in [5.41, 5.74) is 0. The lowest BCUT2D eigenvalue weighted by Gasteiger charge is -1.69. The van der Waals surface area contributed by atoms with Gasteiger partial charge in [-0.05, 0) is 41.6 Å². The van der Waals surface area contributed by atoms with Gasteiger partial charge in [0.15, 0.2) is 0 Å². The second-order valence-electron chi connectivity index (χ2n) is 1.35. The fourth-order valence-electron chi connectivity index (χ4n) is 0.405. The van der Waals surface area contributed by atoms with E-state index in [9.17, 15) is 0 Å². The lowest BCUT2D eigenvalue weighted by molar-refractivity contribution is 1.64. The topological polar surface area (TPSA) is 0 Å². The molecule has 0 atom stereocenters. The molecule has 0 aliphatic heterocycles. The van der Waals surface area contributed by atoms with Crippen molar-refractivity contribution in [2.24, 2.45) is 0 Å². The van der Waals surface area contributed by atoms with Crippen molar-refractivity contribution in [3.8, 4) is 0 Å². The first kappa shape index (κ1) is 5.56. The molecule has 7 heavy (non-hydrogen) atoms. The van der Waals surface area contributed by atoms with Gasteiger partial charge in [-0.1, -0.05) is 0 Å². The fraction of sp³-hybridized carbons (Fsp3) is 0.200. The van der Waals surface area contributed by atoms with Gasteiger partial charge in [0.2, 0.25) is 0 Å². The highest BCUT2D eigenvalue weighted by Crippen LogP contribution is 2.15. The molecule has 0 aliphatic carbocycles. The molecule has 0 radical (unpaired) electrons. The Bertz CT molecular complexity index is 140. The predicted molar refractivity (Wildman–Crippen MR) is 41.8 cm³/mol. The maximum Gasteiger partial charge on any atom is 0.0656 e. The van der Waals surface area contributed by atoms with E-state index in [1.807, 2.05) is 11.3 Å². The van der Waals surface area contributed by atoms with Crippen LogP contribution < -0.4 is 0 Å². The number of aryl methyl sites for hydroxylation is 1. The standard InChI is InChI=1S/C5H5IS/c1-4-2-3-5(6)7-4/h2-3H,1H3. The van der Waals surface area contributed by atoms with Gasteiger partial charge in [0.05, 0.1) is 2.88 Å². The Labute approximate surface area is 60.7 Å². The summed E-state index contributed by atoms with van der Waals surface area (Å²) < 4.78 is 1.37. The summed E-state index contributed by atoms with van der Waals surface area (Å²) in [4.78, 5) is 1.39. The molecule has 0 aliphatic rings. The molecule has 0 saturated heterocycles. The molecule has 0 fully saturated rings. The summed E-state index contributed by atoms with van der Waals surface area (Å²) in [6.45, 7) is 2.12. The van der Waals surface area contributed by atoms with E-state index >= 15 is 0 Å². The zero-order valence-corrected chi connectivity index (χ0v) is 6.91. The van der Waals surface area contributed by atoms with Gasteiger partial charge in [-0.3, -0.25) is 0 Å². The SMILES string of the molecule is Cc1ccc(I)s1. The van der Waals surface area contributed by atoms with Crippen LogP contribution in [0.2, 0.25) is 0 Å². The normalized spacial score (nSPS) is 9.43. The summed E-state index contributed by atoms with van der Waals surface area (Å²) in [5, 5.41) is 0. The van der Waals surface area contributed by atoms with Gasteiger partial charge in [0.25, 0.3) is 0 Å². The Balaban J connectivity index is 3.04. The number of halogens is 1. The third kappa shape index (κ3) is 1.42. The third-order valence-corrected chi connectivity index (χ3v) is 2.52. The Morgan fingerprint density at radius 1 is 1.57 bits per heavy atom. The van der Waals surface area contributed by atoms with Gasteiger partial charge in [-0.15, -0.1) is 11.3 Å². The van der Waals surface area contributed by atoms with Crippen molar-refractivity contribution in [2.45, 2.75) is 6.92 Å². The number of rotatable bonds is 0. The molecule has 1 rings (SSSR count). The number of thiophene rings is 1. The molecule has 0 spiro atoms. The van der Waals surface area contributed by atoms with Crippen LogP contribution in [-0.4, -0.2) is 0 Å². The van der Waals surface area contributed by atoms with Crippen LogP contribution in [0.25, 0.3) is 0 Å². The monoisotopic (exact) mass is 224 g/mol. The lowest BCUT2D eigenvalue weighted by Crippen LogP contribution is -1.43. The molecule has 0 N–H and O–H groups in total. The Hall–Kier alpha value is 0.430. The third-order valence-electron chi connectivity index (χ3n) is 0.708. The summed E-state index contributed by atoms with van der Waals surface area (Å²) in [7, 11) is 0. The van der Waals surface area contributed by atoms with Gasteiger partial charge in [-0.25, -0.2) is 0 Å². The summed E-state index contributed by atoms with van der Waals surface area (Å²) >= 11 is 4.15. The molecule has 1 aromatic rings. The molecule has 0 aromatic carbocycles. The Morgan fingerprint density at radius 2 is 2.29 bits per heavy atom. The molecule has 0 nitrogen and oxygen atoms in total. The van der Waals surface area contributed by atoms with E-state index < -0.39 is 0 Å². The maximum atomic E-state index is 2.32. The van der Waals surface area contributed by atoms with E-state index in [2.05, 4.69) is 41.6 Å². The first-order valence-electron chi connectivity index (χ1n) is 2.01. The van der Waals surface area contributed by atoms with Crippen LogP contribution in [0.4, 0.5) is 0 Å². The molecule has 0 saturated carbocycles. The zero-order valence-electron chi connectivity index (χ0n) is 3.94. The van der Waals surface area contributed by atoms with Crippen LogP contribution >= 0.6 is 33.9 Å². The average Bonchev–Trinajstić information content (AvgIpc) is 1.87. The summed E-state index contributed by atoms with van der Waals surface area (Å²) in [5.74, 6) is 0. The van der Waals surface area contributed by atoms with E-state index in [0.29, 0.717) is 0 Å². The van der Waals surface area contributed by atoms with Crippen molar-refractivity contribution >= 4 is 33.9 Å². The smallest absolute Gasteiger partial charge is 0.0656 e. The van der Waals surface area contributed by atoms with E-state index in [1.54, 1.807) is 0 Å². The van der Waals surface area contributed by atoms with Crippen molar-refractivity contribution in [1.82, 2.24) is 0 Å². The second-order valence-corrected chi connectivity index (χ2v) is 4.53. The minimum atomic E-state index is 1.37. The Kier molecular flexibility index (Phi) is 1.69. The maximum absolute atomic E-state index is 2.32. The highest BCUT2D eigenvalue weighted by molar-refractivity contribution is 14.1. The molecule has 38 valence electrons. The van der Waals surface area contributed by atoms with Gasteiger partial charge in [-0.2, -0.15) is 0 Å². The highest BCUT2D eigenvalue weighted by Gasteiger charge is 1.86. The van der Waals surface area contributed by atoms with Gasteiger partial charge in [0.1, 0.15) is 0 Å². The molecular formula is C5H5IS. The summed E-state index contributed by atoms with van der Waals surface area (Å²) in [6.07, 6.45) is 0. The van der Waals surface area contributed by atoms with E-state index in [-0.39, 0.29) is 0 Å². The van der Waals surface area contributed by atoms with Gasteiger partial charge >= 0.3 is 0 Å². The minimum Gasteiger partial charge on any atom is -0.135 e. The number of hydrogen-bond donors (Lipinski definition) is 0. The molecule has 0 amide bonds. The van der Waals surface area contributed by atoms with Crippen LogP contribution in [0.1, 0.15) is 4.88 Å². The molecule has 0 unspecified atom stereocenters. The largest absolute Gasteiger partial charge is 0.135 e. The van der Waals surface area contributed by atoms with Crippen molar-refractivity contribution in [3.05, 3.63) is 19.9 Å². The van der Waals surface area contributed by atoms with Crippen molar-refractivity contribution < 1.29 is 0 Å². The molecular weight excluding hydrogens is 219 g/mol. The zero-order chi connectivity index (χ0) is 5.28. The van der Waals surface area contributed by atoms with Crippen molar-refractivity contribution in [3.63, 3.8) is 0 Å². The van der Waals surface area contributed by atoms with E-state index in [1.165, 1.54) is 7.76 Å². The molecule has 2 heteroatoms. The van der Waals surface area contributed by atoms with Crippen molar-refractivity contribution in [2.75, 3.05) is 0 Å². The fourth-order valence-corrected chi connectivity index (χ4v) is 2.21. The molecule has 1 heterocycles. The van der Waals surface area contributed by atoms with E-state index in [4.69, 9.17) is 0 Å². The van der Waals surface area contributed by atoms with Crippen LogP contribution in [0, 0.1) is 9.81 Å². The quantitative estimate of drug-likeness (QED) is 0.594. The molecule has 0 bridgehead atoms. The lowest BCUT2D eigenvalue weighted by atomic mass is 10.5. The predicted octanol–water partition coefficient (Wildman–Crippen LogP) is 2.66. The van der Waals surface area contributed by atoms with Crippen LogP contribution in [0.15, 0.2) is 12.1 Å². The van der Waals surface area contributed by atoms with Crippen molar-refractivity contribution in [1.29, 1.82) is 0 Å². The van der Waals surface area contributed by atoms with Gasteiger partial charge in [0, 0.05) is 4.88 Å². The first-order chi connectivity index (χ1) is 3.29.